The van der Waals surface area contributed by atoms with Crippen LogP contribution in [0.1, 0.15) is 5.69 Å². The fourth-order valence-electron chi connectivity index (χ4n) is 1.54. The summed E-state index contributed by atoms with van der Waals surface area (Å²) >= 11 is 0. The van der Waals surface area contributed by atoms with Gasteiger partial charge >= 0.3 is 0 Å². The van der Waals surface area contributed by atoms with E-state index in [4.69, 9.17) is 5.26 Å². The smallest absolute Gasteiger partial charge is 0.142 e. The Balaban J connectivity index is 2.37. The molecule has 2 rings (SSSR count). The number of pyridine rings is 1. The molecule has 0 saturated carbocycles. The Bertz CT molecular complexity index is 575. The monoisotopic (exact) mass is 225 g/mol. The van der Waals surface area contributed by atoms with Crippen molar-refractivity contribution in [1.29, 1.82) is 5.26 Å². The van der Waals surface area contributed by atoms with Gasteiger partial charge in [0.05, 0.1) is 0 Å². The van der Waals surface area contributed by atoms with Gasteiger partial charge in [0, 0.05) is 30.7 Å². The lowest BCUT2D eigenvalue weighted by atomic mass is 10.2. The average molecular weight is 225 g/mol. The molecule has 0 spiro atoms. The molecule has 0 amide bonds. The molecule has 2 aromatic rings. The molecule has 17 heavy (non-hydrogen) atoms. The van der Waals surface area contributed by atoms with E-state index in [1.54, 1.807) is 30.5 Å². The molecule has 0 aliphatic carbocycles. The van der Waals surface area contributed by atoms with E-state index in [1.807, 2.05) is 30.1 Å². The first-order chi connectivity index (χ1) is 8.20. The molecule has 1 aromatic heterocycles. The van der Waals surface area contributed by atoms with Gasteiger partial charge in [-0.1, -0.05) is 6.07 Å². The van der Waals surface area contributed by atoms with Gasteiger partial charge in [-0.2, -0.15) is 5.26 Å². The van der Waals surface area contributed by atoms with Crippen LogP contribution in [0.15, 0.2) is 42.6 Å². The largest absolute Gasteiger partial charge is 0.508 e. The minimum Gasteiger partial charge on any atom is -0.508 e. The number of hydrogen-bond donors (Lipinski definition) is 1. The molecule has 0 bridgehead atoms. The van der Waals surface area contributed by atoms with Crippen LogP contribution in [0.25, 0.3) is 0 Å². The first-order valence-corrected chi connectivity index (χ1v) is 5.09. The van der Waals surface area contributed by atoms with Crippen molar-refractivity contribution in [3.05, 3.63) is 48.3 Å². The maximum Gasteiger partial charge on any atom is 0.142 e. The van der Waals surface area contributed by atoms with Crippen molar-refractivity contribution in [3.8, 4) is 11.8 Å². The molecular weight excluding hydrogens is 214 g/mol. The molecule has 0 atom stereocenters. The second-order valence-electron chi connectivity index (χ2n) is 3.59. The first kappa shape index (κ1) is 11.0. The maximum atomic E-state index is 9.42. The lowest BCUT2D eigenvalue weighted by Crippen LogP contribution is -2.09. The molecule has 0 saturated heterocycles. The zero-order chi connectivity index (χ0) is 12.3. The molecule has 4 heteroatoms. The summed E-state index contributed by atoms with van der Waals surface area (Å²) in [5, 5.41) is 18.2. The van der Waals surface area contributed by atoms with Crippen molar-refractivity contribution in [3.63, 3.8) is 0 Å². The maximum absolute atomic E-state index is 9.42. The summed E-state index contributed by atoms with van der Waals surface area (Å²) in [6.07, 6.45) is 1.59. The summed E-state index contributed by atoms with van der Waals surface area (Å²) in [6, 6.07) is 12.4. The van der Waals surface area contributed by atoms with Gasteiger partial charge in [0.15, 0.2) is 0 Å². The molecule has 0 fully saturated rings. The Kier molecular flexibility index (Phi) is 2.93. The van der Waals surface area contributed by atoms with E-state index < -0.39 is 0 Å². The highest BCUT2D eigenvalue weighted by Crippen LogP contribution is 2.26. The third-order valence-electron chi connectivity index (χ3n) is 2.46. The number of phenols is 1. The molecular formula is C13H11N3O. The van der Waals surface area contributed by atoms with Crippen LogP contribution in [0.2, 0.25) is 0 Å². The van der Waals surface area contributed by atoms with Gasteiger partial charge in [-0.25, -0.2) is 4.98 Å². The van der Waals surface area contributed by atoms with E-state index in [0.717, 1.165) is 11.4 Å². The Hall–Kier alpha value is -2.54. The van der Waals surface area contributed by atoms with Gasteiger partial charge in [0.25, 0.3) is 0 Å². The van der Waals surface area contributed by atoms with E-state index in [2.05, 4.69) is 4.98 Å². The number of nitrogens with zero attached hydrogens (tertiary/aromatic N) is 3. The third-order valence-corrected chi connectivity index (χ3v) is 2.46. The fraction of sp³-hybridized carbons (Fsp3) is 0.0769. The molecule has 0 aliphatic heterocycles. The van der Waals surface area contributed by atoms with E-state index >= 15 is 0 Å². The van der Waals surface area contributed by atoms with E-state index in [-0.39, 0.29) is 5.75 Å². The highest BCUT2D eigenvalue weighted by Gasteiger charge is 2.05. The molecule has 0 radical (unpaired) electrons. The van der Waals surface area contributed by atoms with E-state index in [9.17, 15) is 5.11 Å². The predicted molar refractivity (Wildman–Crippen MR) is 65.1 cm³/mol. The topological polar surface area (TPSA) is 60.1 Å². The van der Waals surface area contributed by atoms with Gasteiger partial charge in [-0.15, -0.1) is 0 Å². The Morgan fingerprint density at radius 2 is 2.00 bits per heavy atom. The zero-order valence-corrected chi connectivity index (χ0v) is 9.33. The van der Waals surface area contributed by atoms with Crippen LogP contribution < -0.4 is 4.90 Å². The second-order valence-corrected chi connectivity index (χ2v) is 3.59. The summed E-state index contributed by atoms with van der Waals surface area (Å²) < 4.78 is 0. The quantitative estimate of drug-likeness (QED) is 0.852. The van der Waals surface area contributed by atoms with Gasteiger partial charge in [-0.05, 0) is 24.3 Å². The van der Waals surface area contributed by atoms with E-state index in [0.29, 0.717) is 5.69 Å². The van der Waals surface area contributed by atoms with Gasteiger partial charge in [0.2, 0.25) is 0 Å². The third kappa shape index (κ3) is 2.34. The van der Waals surface area contributed by atoms with Crippen LogP contribution in [-0.2, 0) is 0 Å². The number of rotatable bonds is 2. The summed E-state index contributed by atoms with van der Waals surface area (Å²) in [6.45, 7) is 0. The number of hydrogen-bond acceptors (Lipinski definition) is 4. The van der Waals surface area contributed by atoms with Crippen molar-refractivity contribution in [2.45, 2.75) is 0 Å². The lowest BCUT2D eigenvalue weighted by molar-refractivity contribution is 0.475. The summed E-state index contributed by atoms with van der Waals surface area (Å²) in [5.74, 6) is 0.212. The summed E-state index contributed by atoms with van der Waals surface area (Å²) in [7, 11) is 1.87. The van der Waals surface area contributed by atoms with Gasteiger partial charge < -0.3 is 10.0 Å². The molecule has 84 valence electrons. The van der Waals surface area contributed by atoms with Crippen molar-refractivity contribution in [2.24, 2.45) is 0 Å². The number of aromatic nitrogens is 1. The Morgan fingerprint density at radius 1 is 1.24 bits per heavy atom. The highest BCUT2D eigenvalue weighted by molar-refractivity contribution is 5.64. The van der Waals surface area contributed by atoms with Crippen LogP contribution >= 0.6 is 0 Å². The number of nitriles is 1. The van der Waals surface area contributed by atoms with Crippen LogP contribution in [0.4, 0.5) is 11.4 Å². The SMILES string of the molecule is CN(c1cccc(O)c1)c1ccnc(C#N)c1. The fourth-order valence-corrected chi connectivity index (χ4v) is 1.54. The normalized spacial score (nSPS) is 9.65. The highest BCUT2D eigenvalue weighted by atomic mass is 16.3. The minimum atomic E-state index is 0.212. The summed E-state index contributed by atoms with van der Waals surface area (Å²) in [4.78, 5) is 5.79. The number of benzene rings is 1. The molecule has 1 aromatic carbocycles. The lowest BCUT2D eigenvalue weighted by Gasteiger charge is -2.19. The second kappa shape index (κ2) is 4.54. The summed E-state index contributed by atoms with van der Waals surface area (Å²) in [5.41, 5.74) is 2.07. The minimum absolute atomic E-state index is 0.212. The standard InChI is InChI=1S/C13H11N3O/c1-16(11-3-2-4-13(17)8-11)12-5-6-15-10(7-12)9-14/h2-8,17H,1H3. The van der Waals surface area contributed by atoms with Crippen molar-refractivity contribution < 1.29 is 5.11 Å². The van der Waals surface area contributed by atoms with Crippen LogP contribution in [0, 0.1) is 11.3 Å². The van der Waals surface area contributed by atoms with Crippen molar-refractivity contribution >= 4 is 11.4 Å². The van der Waals surface area contributed by atoms with Crippen LogP contribution in [-0.4, -0.2) is 17.1 Å². The van der Waals surface area contributed by atoms with Crippen molar-refractivity contribution in [2.75, 3.05) is 11.9 Å². The number of anilines is 2. The molecule has 1 N–H and O–H groups in total. The molecule has 0 aliphatic rings. The predicted octanol–water partition coefficient (Wildman–Crippen LogP) is 2.43. The van der Waals surface area contributed by atoms with Crippen molar-refractivity contribution in [1.82, 2.24) is 4.98 Å². The molecule has 1 heterocycles. The Labute approximate surface area is 99.4 Å². The molecule has 0 unspecified atom stereocenters. The Morgan fingerprint density at radius 3 is 2.71 bits per heavy atom. The zero-order valence-electron chi connectivity index (χ0n) is 9.33. The number of aromatic hydroxyl groups is 1. The first-order valence-electron chi connectivity index (χ1n) is 5.09. The van der Waals surface area contributed by atoms with E-state index in [1.165, 1.54) is 0 Å². The van der Waals surface area contributed by atoms with Crippen LogP contribution in [0.3, 0.4) is 0 Å². The number of phenolic OH excluding ortho intramolecular Hbond substituents is 1. The average Bonchev–Trinajstić information content (AvgIpc) is 2.38. The van der Waals surface area contributed by atoms with Gasteiger partial charge in [0.1, 0.15) is 17.5 Å². The van der Waals surface area contributed by atoms with Gasteiger partial charge in [-0.3, -0.25) is 0 Å². The van der Waals surface area contributed by atoms with Crippen LogP contribution in [0.5, 0.6) is 5.75 Å². The molecule has 4 nitrogen and oxygen atoms in total.